The Hall–Kier alpha value is -0.420. The van der Waals surface area contributed by atoms with Gasteiger partial charge in [-0.2, -0.15) is 11.8 Å². The Morgan fingerprint density at radius 3 is 3.00 bits per heavy atom. The molecule has 5 heteroatoms. The van der Waals surface area contributed by atoms with Crippen molar-refractivity contribution in [2.45, 2.75) is 64.1 Å². The second-order valence-corrected chi connectivity index (χ2v) is 7.39. The number of thioether (sulfide) groups is 1. The molecule has 2 N–H and O–H groups in total. The van der Waals surface area contributed by atoms with Crippen LogP contribution in [0.4, 0.5) is 4.79 Å². The first kappa shape index (κ1) is 16.0. The molecule has 4 nitrogen and oxygen atoms in total. The van der Waals surface area contributed by atoms with Gasteiger partial charge in [-0.15, -0.1) is 0 Å². The van der Waals surface area contributed by atoms with Crippen LogP contribution in [0.25, 0.3) is 0 Å². The summed E-state index contributed by atoms with van der Waals surface area (Å²) < 4.78 is 0. The van der Waals surface area contributed by atoms with E-state index in [1.54, 1.807) is 0 Å². The van der Waals surface area contributed by atoms with Crippen LogP contribution in [0.15, 0.2) is 0 Å². The predicted molar refractivity (Wildman–Crippen MR) is 86.4 cm³/mol. The number of carbonyl (C=O) groups is 1. The number of hydrogen-bond acceptors (Lipinski definition) is 3. The minimum absolute atomic E-state index is 0.0245. The fraction of sp³-hybridized carbons (Fsp3) is 0.933. The van der Waals surface area contributed by atoms with E-state index in [0.717, 1.165) is 30.9 Å². The molecule has 3 atom stereocenters. The Balaban J connectivity index is 1.69. The van der Waals surface area contributed by atoms with E-state index < -0.39 is 0 Å². The van der Waals surface area contributed by atoms with Gasteiger partial charge in [-0.1, -0.05) is 13.3 Å². The fourth-order valence-electron chi connectivity index (χ4n) is 3.33. The van der Waals surface area contributed by atoms with Crippen molar-refractivity contribution < 1.29 is 4.79 Å². The number of piperidine rings is 1. The Bertz CT molecular complexity index is 313. The third-order valence-corrected chi connectivity index (χ3v) is 5.38. The second-order valence-electron chi connectivity index (χ2n) is 6.00. The number of nitrogens with one attached hydrogen (secondary N) is 2. The molecule has 116 valence electrons. The topological polar surface area (TPSA) is 44.4 Å². The minimum atomic E-state index is 0.0245. The molecule has 2 aliphatic rings. The standard InChI is InChI=1S/C15H29N3OS/c1-3-20-11-8-12(2)16-15(19)17-13-7-10-18-9-5-4-6-14(13)18/h12-14H,3-11H2,1-2H3,(H2,16,17,19)/t12-,13-,14+/m0/s1. The highest BCUT2D eigenvalue weighted by atomic mass is 32.2. The third kappa shape index (κ3) is 4.55. The number of fused-ring (bicyclic) bond motifs is 1. The molecule has 2 fully saturated rings. The fourth-order valence-corrected chi connectivity index (χ4v) is 4.14. The molecule has 0 bridgehead atoms. The van der Waals surface area contributed by atoms with Crippen LogP contribution in [0, 0.1) is 0 Å². The molecule has 0 spiro atoms. The van der Waals surface area contributed by atoms with Gasteiger partial charge in [0.25, 0.3) is 0 Å². The Labute approximate surface area is 127 Å². The number of carbonyl (C=O) groups excluding carboxylic acids is 1. The molecule has 2 saturated heterocycles. The highest BCUT2D eigenvalue weighted by molar-refractivity contribution is 7.99. The summed E-state index contributed by atoms with van der Waals surface area (Å²) in [6, 6.07) is 1.22. The van der Waals surface area contributed by atoms with Gasteiger partial charge in [0.2, 0.25) is 0 Å². The molecule has 0 aromatic carbocycles. The van der Waals surface area contributed by atoms with Gasteiger partial charge in [0.15, 0.2) is 0 Å². The lowest BCUT2D eigenvalue weighted by Gasteiger charge is -2.32. The number of hydrogen-bond donors (Lipinski definition) is 2. The predicted octanol–water partition coefficient (Wildman–Crippen LogP) is 2.44. The Morgan fingerprint density at radius 2 is 2.20 bits per heavy atom. The Kier molecular flexibility index (Phi) is 6.49. The van der Waals surface area contributed by atoms with Gasteiger partial charge in [0.1, 0.15) is 0 Å². The summed E-state index contributed by atoms with van der Waals surface area (Å²) in [4.78, 5) is 14.6. The van der Waals surface area contributed by atoms with E-state index >= 15 is 0 Å². The van der Waals surface area contributed by atoms with E-state index in [1.165, 1.54) is 25.8 Å². The highest BCUT2D eigenvalue weighted by Gasteiger charge is 2.36. The van der Waals surface area contributed by atoms with Crippen molar-refractivity contribution in [1.82, 2.24) is 15.5 Å². The van der Waals surface area contributed by atoms with Crippen molar-refractivity contribution in [3.63, 3.8) is 0 Å². The molecule has 20 heavy (non-hydrogen) atoms. The van der Waals surface area contributed by atoms with E-state index in [1.807, 2.05) is 11.8 Å². The molecule has 2 amide bonds. The zero-order chi connectivity index (χ0) is 14.4. The first-order chi connectivity index (χ1) is 9.70. The van der Waals surface area contributed by atoms with Crippen LogP contribution >= 0.6 is 11.8 Å². The highest BCUT2D eigenvalue weighted by Crippen LogP contribution is 2.26. The summed E-state index contributed by atoms with van der Waals surface area (Å²) in [5.74, 6) is 2.27. The lowest BCUT2D eigenvalue weighted by molar-refractivity contribution is 0.178. The summed E-state index contributed by atoms with van der Waals surface area (Å²) in [7, 11) is 0. The molecule has 0 aromatic rings. The summed E-state index contributed by atoms with van der Waals surface area (Å²) >= 11 is 1.93. The van der Waals surface area contributed by atoms with Crippen molar-refractivity contribution in [1.29, 1.82) is 0 Å². The molecule has 0 saturated carbocycles. The SMILES string of the molecule is CCSCC[C@H](C)NC(=O)N[C@H]1CCN2CCCC[C@H]12. The number of nitrogens with zero attached hydrogens (tertiary/aromatic N) is 1. The number of urea groups is 1. The molecular weight excluding hydrogens is 270 g/mol. The molecule has 2 aliphatic heterocycles. The summed E-state index contributed by atoms with van der Waals surface area (Å²) in [6.07, 6.45) is 6.03. The van der Waals surface area contributed by atoms with Gasteiger partial charge in [-0.25, -0.2) is 4.79 Å². The van der Waals surface area contributed by atoms with Crippen LogP contribution in [-0.4, -0.2) is 53.7 Å². The lowest BCUT2D eigenvalue weighted by Crippen LogP contribution is -2.51. The quantitative estimate of drug-likeness (QED) is 0.741. The van der Waals surface area contributed by atoms with E-state index in [-0.39, 0.29) is 12.1 Å². The maximum absolute atomic E-state index is 12.1. The average molecular weight is 299 g/mol. The Morgan fingerprint density at radius 1 is 1.35 bits per heavy atom. The second kappa shape index (κ2) is 8.13. The molecule has 2 rings (SSSR count). The van der Waals surface area contributed by atoms with Gasteiger partial charge in [0, 0.05) is 24.7 Å². The summed E-state index contributed by atoms with van der Waals surface area (Å²) in [5.41, 5.74) is 0. The van der Waals surface area contributed by atoms with E-state index in [0.29, 0.717) is 12.1 Å². The van der Waals surface area contributed by atoms with Crippen molar-refractivity contribution >= 4 is 17.8 Å². The maximum atomic E-state index is 12.1. The first-order valence-electron chi connectivity index (χ1n) is 8.09. The lowest BCUT2D eigenvalue weighted by atomic mass is 9.99. The van der Waals surface area contributed by atoms with Gasteiger partial charge < -0.3 is 10.6 Å². The average Bonchev–Trinajstić information content (AvgIpc) is 2.82. The zero-order valence-electron chi connectivity index (χ0n) is 12.9. The monoisotopic (exact) mass is 299 g/mol. The molecule has 0 aliphatic carbocycles. The summed E-state index contributed by atoms with van der Waals surface area (Å²) in [5, 5.41) is 6.28. The normalized spacial score (nSPS) is 27.9. The molecular formula is C15H29N3OS. The van der Waals surface area contributed by atoms with Gasteiger partial charge in [-0.05, 0) is 50.7 Å². The van der Waals surface area contributed by atoms with E-state index in [4.69, 9.17) is 0 Å². The van der Waals surface area contributed by atoms with Crippen molar-refractivity contribution in [3.8, 4) is 0 Å². The molecule has 2 heterocycles. The molecule has 0 radical (unpaired) electrons. The van der Waals surface area contributed by atoms with Crippen molar-refractivity contribution in [3.05, 3.63) is 0 Å². The molecule has 0 unspecified atom stereocenters. The van der Waals surface area contributed by atoms with Crippen molar-refractivity contribution in [2.75, 3.05) is 24.6 Å². The maximum Gasteiger partial charge on any atom is 0.315 e. The van der Waals surface area contributed by atoms with Gasteiger partial charge in [0.05, 0.1) is 0 Å². The van der Waals surface area contributed by atoms with E-state index in [2.05, 4.69) is 29.4 Å². The first-order valence-corrected chi connectivity index (χ1v) is 9.25. The van der Waals surface area contributed by atoms with Crippen LogP contribution in [0.1, 0.15) is 46.0 Å². The number of rotatable bonds is 6. The smallest absolute Gasteiger partial charge is 0.315 e. The van der Waals surface area contributed by atoms with Gasteiger partial charge >= 0.3 is 6.03 Å². The van der Waals surface area contributed by atoms with Gasteiger partial charge in [-0.3, -0.25) is 4.90 Å². The van der Waals surface area contributed by atoms with E-state index in [9.17, 15) is 4.79 Å². The molecule has 0 aromatic heterocycles. The number of amides is 2. The van der Waals surface area contributed by atoms with Crippen LogP contribution < -0.4 is 10.6 Å². The van der Waals surface area contributed by atoms with Crippen LogP contribution in [-0.2, 0) is 0 Å². The van der Waals surface area contributed by atoms with Crippen molar-refractivity contribution in [2.24, 2.45) is 0 Å². The van der Waals surface area contributed by atoms with Crippen LogP contribution in [0.2, 0.25) is 0 Å². The van der Waals surface area contributed by atoms with Crippen LogP contribution in [0.5, 0.6) is 0 Å². The third-order valence-electron chi connectivity index (χ3n) is 4.45. The van der Waals surface area contributed by atoms with Crippen LogP contribution in [0.3, 0.4) is 0 Å². The minimum Gasteiger partial charge on any atom is -0.336 e. The summed E-state index contributed by atoms with van der Waals surface area (Å²) in [6.45, 7) is 6.64. The zero-order valence-corrected chi connectivity index (χ0v) is 13.7. The largest absolute Gasteiger partial charge is 0.336 e.